The Morgan fingerprint density at radius 2 is 1.64 bits per heavy atom. The third-order valence-corrected chi connectivity index (χ3v) is 5.32. The van der Waals surface area contributed by atoms with Crippen molar-refractivity contribution in [3.63, 3.8) is 0 Å². The Balaban J connectivity index is 1.45. The lowest BCUT2D eigenvalue weighted by Crippen LogP contribution is -2.46. The molecule has 22 heavy (non-hydrogen) atoms. The second-order valence-electron chi connectivity index (χ2n) is 5.86. The molecule has 0 spiro atoms. The van der Waals surface area contributed by atoms with Crippen LogP contribution in [-0.2, 0) is 6.54 Å². The topological polar surface area (TPSA) is 6.48 Å². The standard InChI is InChI=1S/C19H20N2S/c1-2-5-16(6-3-1)15-20-10-12-21(13-11-20)18-7-4-8-19-17(18)9-14-22-19/h1-9,14H,10-13,15H2. The van der Waals surface area contributed by atoms with Crippen LogP contribution in [0.25, 0.3) is 10.1 Å². The van der Waals surface area contributed by atoms with Crippen LogP contribution in [0.1, 0.15) is 5.56 Å². The van der Waals surface area contributed by atoms with Crippen molar-refractivity contribution in [2.45, 2.75) is 6.54 Å². The number of fused-ring (bicyclic) bond motifs is 1. The quantitative estimate of drug-likeness (QED) is 0.714. The van der Waals surface area contributed by atoms with Crippen molar-refractivity contribution in [1.82, 2.24) is 4.90 Å². The fourth-order valence-electron chi connectivity index (χ4n) is 3.24. The number of anilines is 1. The molecule has 1 aromatic heterocycles. The molecule has 1 aliphatic rings. The molecule has 2 aromatic carbocycles. The summed E-state index contributed by atoms with van der Waals surface area (Å²) in [7, 11) is 0. The van der Waals surface area contributed by atoms with E-state index in [0.717, 1.165) is 32.7 Å². The first-order chi connectivity index (χ1) is 10.9. The molecule has 2 heterocycles. The van der Waals surface area contributed by atoms with Gasteiger partial charge in [0.1, 0.15) is 0 Å². The van der Waals surface area contributed by atoms with E-state index in [0.29, 0.717) is 0 Å². The van der Waals surface area contributed by atoms with Crippen molar-refractivity contribution < 1.29 is 0 Å². The van der Waals surface area contributed by atoms with Crippen LogP contribution in [0.5, 0.6) is 0 Å². The first-order valence-electron chi connectivity index (χ1n) is 7.87. The molecule has 3 aromatic rings. The average Bonchev–Trinajstić information content (AvgIpc) is 3.05. The summed E-state index contributed by atoms with van der Waals surface area (Å²) in [6.07, 6.45) is 0. The molecule has 0 aliphatic carbocycles. The predicted octanol–water partition coefficient (Wildman–Crippen LogP) is 4.22. The van der Waals surface area contributed by atoms with Crippen LogP contribution in [0.2, 0.25) is 0 Å². The Labute approximate surface area is 135 Å². The molecule has 4 rings (SSSR count). The fraction of sp³-hybridized carbons (Fsp3) is 0.263. The normalized spacial score (nSPS) is 16.3. The molecular formula is C19H20N2S. The molecular weight excluding hydrogens is 288 g/mol. The number of rotatable bonds is 3. The highest BCUT2D eigenvalue weighted by molar-refractivity contribution is 7.17. The van der Waals surface area contributed by atoms with Gasteiger partial charge in [-0.05, 0) is 29.1 Å². The molecule has 0 unspecified atom stereocenters. The summed E-state index contributed by atoms with van der Waals surface area (Å²) in [5.74, 6) is 0. The summed E-state index contributed by atoms with van der Waals surface area (Å²) in [5.41, 5.74) is 2.81. The van der Waals surface area contributed by atoms with Gasteiger partial charge >= 0.3 is 0 Å². The van der Waals surface area contributed by atoms with E-state index >= 15 is 0 Å². The lowest BCUT2D eigenvalue weighted by molar-refractivity contribution is 0.250. The van der Waals surface area contributed by atoms with Crippen molar-refractivity contribution in [3.05, 3.63) is 65.5 Å². The Bertz CT molecular complexity index is 742. The zero-order valence-electron chi connectivity index (χ0n) is 12.6. The molecule has 0 saturated carbocycles. The van der Waals surface area contributed by atoms with E-state index in [4.69, 9.17) is 0 Å². The van der Waals surface area contributed by atoms with Gasteiger partial charge in [-0.1, -0.05) is 36.4 Å². The molecule has 0 N–H and O–H groups in total. The minimum Gasteiger partial charge on any atom is -0.368 e. The molecule has 0 radical (unpaired) electrons. The van der Waals surface area contributed by atoms with Crippen molar-refractivity contribution in [2.24, 2.45) is 0 Å². The maximum Gasteiger partial charge on any atom is 0.0455 e. The second kappa shape index (κ2) is 6.11. The van der Waals surface area contributed by atoms with Crippen LogP contribution in [0.15, 0.2) is 60.0 Å². The Morgan fingerprint density at radius 1 is 0.818 bits per heavy atom. The van der Waals surface area contributed by atoms with Gasteiger partial charge in [0.05, 0.1) is 0 Å². The van der Waals surface area contributed by atoms with E-state index in [1.165, 1.54) is 21.3 Å². The van der Waals surface area contributed by atoms with Gasteiger partial charge in [-0.2, -0.15) is 0 Å². The minimum absolute atomic E-state index is 1.07. The zero-order valence-corrected chi connectivity index (χ0v) is 13.4. The summed E-state index contributed by atoms with van der Waals surface area (Å²) in [4.78, 5) is 5.09. The Hall–Kier alpha value is -1.84. The number of hydrogen-bond acceptors (Lipinski definition) is 3. The van der Waals surface area contributed by atoms with Crippen molar-refractivity contribution in [1.29, 1.82) is 0 Å². The molecule has 0 bridgehead atoms. The highest BCUT2D eigenvalue weighted by Crippen LogP contribution is 2.31. The van der Waals surface area contributed by atoms with E-state index < -0.39 is 0 Å². The van der Waals surface area contributed by atoms with Crippen LogP contribution in [-0.4, -0.2) is 31.1 Å². The molecule has 0 atom stereocenters. The molecule has 1 fully saturated rings. The van der Waals surface area contributed by atoms with Crippen molar-refractivity contribution in [3.8, 4) is 0 Å². The molecule has 1 aliphatic heterocycles. The fourth-order valence-corrected chi connectivity index (χ4v) is 4.05. The van der Waals surface area contributed by atoms with E-state index in [1.807, 2.05) is 11.3 Å². The average molecular weight is 308 g/mol. The summed E-state index contributed by atoms with van der Waals surface area (Å²) >= 11 is 1.83. The number of piperazine rings is 1. The van der Waals surface area contributed by atoms with Gasteiger partial charge in [-0.3, -0.25) is 4.90 Å². The summed E-state index contributed by atoms with van der Waals surface area (Å²) in [6.45, 7) is 5.56. The molecule has 1 saturated heterocycles. The predicted molar refractivity (Wildman–Crippen MR) is 95.8 cm³/mol. The minimum atomic E-state index is 1.07. The monoisotopic (exact) mass is 308 g/mol. The summed E-state index contributed by atoms with van der Waals surface area (Å²) in [5, 5.41) is 3.60. The van der Waals surface area contributed by atoms with Gasteiger partial charge in [-0.15, -0.1) is 11.3 Å². The van der Waals surface area contributed by atoms with E-state index in [2.05, 4.69) is 69.8 Å². The van der Waals surface area contributed by atoms with Crippen molar-refractivity contribution in [2.75, 3.05) is 31.1 Å². The van der Waals surface area contributed by atoms with Gasteiger partial charge in [0.15, 0.2) is 0 Å². The number of thiophene rings is 1. The lowest BCUT2D eigenvalue weighted by atomic mass is 10.1. The second-order valence-corrected chi connectivity index (χ2v) is 6.81. The molecule has 2 nitrogen and oxygen atoms in total. The van der Waals surface area contributed by atoms with Crippen molar-refractivity contribution >= 4 is 27.1 Å². The smallest absolute Gasteiger partial charge is 0.0455 e. The first kappa shape index (κ1) is 13.8. The number of benzene rings is 2. The molecule has 112 valence electrons. The van der Waals surface area contributed by atoms with Crippen LogP contribution in [0.4, 0.5) is 5.69 Å². The Kier molecular flexibility index (Phi) is 3.83. The van der Waals surface area contributed by atoms with Gasteiger partial charge in [0.25, 0.3) is 0 Å². The number of hydrogen-bond donors (Lipinski definition) is 0. The zero-order chi connectivity index (χ0) is 14.8. The largest absolute Gasteiger partial charge is 0.368 e. The SMILES string of the molecule is c1ccc(CN2CCN(c3cccc4sccc34)CC2)cc1. The van der Waals surface area contributed by atoms with Gasteiger partial charge in [-0.25, -0.2) is 0 Å². The van der Waals surface area contributed by atoms with E-state index in [9.17, 15) is 0 Å². The maximum atomic E-state index is 2.56. The maximum absolute atomic E-state index is 2.56. The van der Waals surface area contributed by atoms with Gasteiger partial charge in [0.2, 0.25) is 0 Å². The summed E-state index contributed by atoms with van der Waals surface area (Å²) in [6, 6.07) is 19.7. The van der Waals surface area contributed by atoms with Crippen LogP contribution < -0.4 is 4.90 Å². The lowest BCUT2D eigenvalue weighted by Gasteiger charge is -2.36. The highest BCUT2D eigenvalue weighted by Gasteiger charge is 2.18. The van der Waals surface area contributed by atoms with E-state index in [1.54, 1.807) is 0 Å². The van der Waals surface area contributed by atoms with Crippen LogP contribution >= 0.6 is 11.3 Å². The molecule has 0 amide bonds. The van der Waals surface area contributed by atoms with Gasteiger partial charge in [0, 0.05) is 48.5 Å². The van der Waals surface area contributed by atoms with Crippen LogP contribution in [0.3, 0.4) is 0 Å². The summed E-state index contributed by atoms with van der Waals surface area (Å²) < 4.78 is 1.39. The molecule has 3 heteroatoms. The van der Waals surface area contributed by atoms with Gasteiger partial charge < -0.3 is 4.90 Å². The Morgan fingerprint density at radius 3 is 2.45 bits per heavy atom. The highest BCUT2D eigenvalue weighted by atomic mass is 32.1. The number of nitrogens with zero attached hydrogens (tertiary/aromatic N) is 2. The van der Waals surface area contributed by atoms with Crippen LogP contribution in [0, 0.1) is 0 Å². The third-order valence-electron chi connectivity index (χ3n) is 4.43. The first-order valence-corrected chi connectivity index (χ1v) is 8.75. The van der Waals surface area contributed by atoms with E-state index in [-0.39, 0.29) is 0 Å². The third kappa shape index (κ3) is 2.74.